The normalized spacial score (nSPS) is 16.1. The molecule has 110 valence electrons. The summed E-state index contributed by atoms with van der Waals surface area (Å²) in [6, 6.07) is 0. The van der Waals surface area contributed by atoms with Gasteiger partial charge < -0.3 is 15.5 Å². The minimum atomic E-state index is -0.0791. The lowest BCUT2D eigenvalue weighted by atomic mass is 10.2. The van der Waals surface area contributed by atoms with Crippen molar-refractivity contribution in [3.8, 4) is 0 Å². The van der Waals surface area contributed by atoms with Gasteiger partial charge in [-0.15, -0.1) is 11.8 Å². The maximum absolute atomic E-state index is 12.1. The van der Waals surface area contributed by atoms with Crippen LogP contribution in [0.5, 0.6) is 0 Å². The van der Waals surface area contributed by atoms with Gasteiger partial charge in [0, 0.05) is 18.3 Å². The quantitative estimate of drug-likeness (QED) is 0.714. The summed E-state index contributed by atoms with van der Waals surface area (Å²) in [4.78, 5) is 25.2. The molecule has 0 unspecified atom stereocenters. The van der Waals surface area contributed by atoms with Crippen LogP contribution in [0, 0.1) is 0 Å². The number of rotatable bonds is 7. The molecule has 1 aliphatic heterocycles. The zero-order valence-corrected chi connectivity index (χ0v) is 12.7. The molecule has 0 bridgehead atoms. The zero-order chi connectivity index (χ0) is 14.1. The number of thioether (sulfide) groups is 1. The van der Waals surface area contributed by atoms with E-state index in [0.29, 0.717) is 24.1 Å². The van der Waals surface area contributed by atoms with Crippen molar-refractivity contribution in [3.05, 3.63) is 0 Å². The number of amides is 2. The second-order valence-corrected chi connectivity index (χ2v) is 5.91. The maximum atomic E-state index is 12.1. The Hall–Kier alpha value is -0.750. The van der Waals surface area contributed by atoms with E-state index in [2.05, 4.69) is 10.6 Å². The zero-order valence-electron chi connectivity index (χ0n) is 11.9. The SMILES string of the molecule is CCNC(=O)CN(CC)C(=O)CSC1CCNCC1. The lowest BCUT2D eigenvalue weighted by Gasteiger charge is -2.24. The van der Waals surface area contributed by atoms with Crippen molar-refractivity contribution in [2.75, 3.05) is 38.5 Å². The fourth-order valence-corrected chi connectivity index (χ4v) is 3.18. The van der Waals surface area contributed by atoms with Gasteiger partial charge in [0.2, 0.25) is 11.8 Å². The molecular formula is C13H25N3O2S. The van der Waals surface area contributed by atoms with E-state index < -0.39 is 0 Å². The molecule has 1 heterocycles. The summed E-state index contributed by atoms with van der Waals surface area (Å²) in [5.74, 6) is 0.472. The summed E-state index contributed by atoms with van der Waals surface area (Å²) < 4.78 is 0. The van der Waals surface area contributed by atoms with Gasteiger partial charge in [-0.1, -0.05) is 0 Å². The summed E-state index contributed by atoms with van der Waals surface area (Å²) in [6.07, 6.45) is 2.25. The van der Waals surface area contributed by atoms with Gasteiger partial charge in [-0.05, 0) is 39.8 Å². The summed E-state index contributed by atoms with van der Waals surface area (Å²) >= 11 is 1.73. The van der Waals surface area contributed by atoms with E-state index in [1.165, 1.54) is 0 Å². The third-order valence-electron chi connectivity index (χ3n) is 3.17. The smallest absolute Gasteiger partial charge is 0.239 e. The molecule has 1 fully saturated rings. The lowest BCUT2D eigenvalue weighted by Crippen LogP contribution is -2.41. The van der Waals surface area contributed by atoms with E-state index >= 15 is 0 Å². The Morgan fingerprint density at radius 2 is 2.00 bits per heavy atom. The first-order valence-corrected chi connectivity index (χ1v) is 8.09. The van der Waals surface area contributed by atoms with Gasteiger partial charge >= 0.3 is 0 Å². The van der Waals surface area contributed by atoms with Crippen LogP contribution in [-0.4, -0.2) is 60.4 Å². The van der Waals surface area contributed by atoms with Crippen molar-refractivity contribution < 1.29 is 9.59 Å². The van der Waals surface area contributed by atoms with Crippen LogP contribution in [0.4, 0.5) is 0 Å². The van der Waals surface area contributed by atoms with Gasteiger partial charge in [0.25, 0.3) is 0 Å². The number of carbonyl (C=O) groups is 2. The third kappa shape index (κ3) is 6.29. The summed E-state index contributed by atoms with van der Waals surface area (Å²) in [5, 5.41) is 6.61. The van der Waals surface area contributed by atoms with E-state index in [9.17, 15) is 9.59 Å². The number of hydrogen-bond donors (Lipinski definition) is 2. The highest BCUT2D eigenvalue weighted by Gasteiger charge is 2.19. The summed E-state index contributed by atoms with van der Waals surface area (Å²) in [5.41, 5.74) is 0. The van der Waals surface area contributed by atoms with Gasteiger partial charge in [0.1, 0.15) is 0 Å². The molecule has 1 rings (SSSR count). The molecule has 2 amide bonds. The van der Waals surface area contributed by atoms with Crippen molar-refractivity contribution in [2.24, 2.45) is 0 Å². The number of likely N-dealkylation sites (N-methyl/N-ethyl adjacent to an activating group) is 2. The van der Waals surface area contributed by atoms with E-state index in [0.717, 1.165) is 25.9 Å². The molecule has 2 N–H and O–H groups in total. The van der Waals surface area contributed by atoms with E-state index in [1.807, 2.05) is 13.8 Å². The molecule has 0 aliphatic carbocycles. The van der Waals surface area contributed by atoms with Crippen LogP contribution in [-0.2, 0) is 9.59 Å². The Morgan fingerprint density at radius 3 is 2.58 bits per heavy atom. The Morgan fingerprint density at radius 1 is 1.32 bits per heavy atom. The molecule has 0 radical (unpaired) electrons. The number of nitrogens with one attached hydrogen (secondary N) is 2. The number of nitrogens with zero attached hydrogens (tertiary/aromatic N) is 1. The van der Waals surface area contributed by atoms with Gasteiger partial charge in [-0.25, -0.2) is 0 Å². The Balaban J connectivity index is 2.29. The number of piperidine rings is 1. The average molecular weight is 287 g/mol. The molecule has 5 nitrogen and oxygen atoms in total. The predicted molar refractivity (Wildman–Crippen MR) is 79.3 cm³/mol. The number of hydrogen-bond acceptors (Lipinski definition) is 4. The molecule has 0 aromatic carbocycles. The predicted octanol–water partition coefficient (Wildman–Crippen LogP) is 0.456. The molecular weight excluding hydrogens is 262 g/mol. The first kappa shape index (κ1) is 16.3. The maximum Gasteiger partial charge on any atom is 0.239 e. The molecule has 0 saturated carbocycles. The minimum absolute atomic E-state index is 0.0669. The molecule has 0 aromatic rings. The van der Waals surface area contributed by atoms with Gasteiger partial charge in [0.15, 0.2) is 0 Å². The highest BCUT2D eigenvalue weighted by Crippen LogP contribution is 2.20. The molecule has 0 spiro atoms. The Bertz CT molecular complexity index is 294. The standard InChI is InChI=1S/C13H25N3O2S/c1-3-15-12(17)9-16(4-2)13(18)10-19-11-5-7-14-8-6-11/h11,14H,3-10H2,1-2H3,(H,15,17). The first-order chi connectivity index (χ1) is 9.17. The largest absolute Gasteiger partial charge is 0.355 e. The van der Waals surface area contributed by atoms with Crippen LogP contribution < -0.4 is 10.6 Å². The second kappa shape index (κ2) is 9.20. The van der Waals surface area contributed by atoms with Crippen LogP contribution in [0.1, 0.15) is 26.7 Å². The first-order valence-electron chi connectivity index (χ1n) is 7.04. The molecule has 19 heavy (non-hydrogen) atoms. The fourth-order valence-electron chi connectivity index (χ4n) is 2.05. The van der Waals surface area contributed by atoms with E-state index in [1.54, 1.807) is 16.7 Å². The van der Waals surface area contributed by atoms with Crippen molar-refractivity contribution in [3.63, 3.8) is 0 Å². The lowest BCUT2D eigenvalue weighted by molar-refractivity contribution is -0.133. The van der Waals surface area contributed by atoms with Crippen LogP contribution in [0.25, 0.3) is 0 Å². The number of carbonyl (C=O) groups excluding carboxylic acids is 2. The highest BCUT2D eigenvalue weighted by molar-refractivity contribution is 8.00. The van der Waals surface area contributed by atoms with Gasteiger partial charge in [0.05, 0.1) is 12.3 Å². The molecule has 0 aromatic heterocycles. The van der Waals surface area contributed by atoms with Crippen molar-refractivity contribution in [2.45, 2.75) is 31.9 Å². The van der Waals surface area contributed by atoms with Crippen LogP contribution in [0.2, 0.25) is 0 Å². The van der Waals surface area contributed by atoms with Crippen LogP contribution >= 0.6 is 11.8 Å². The van der Waals surface area contributed by atoms with Gasteiger partial charge in [-0.3, -0.25) is 9.59 Å². The molecule has 1 saturated heterocycles. The van der Waals surface area contributed by atoms with Crippen molar-refractivity contribution in [1.29, 1.82) is 0 Å². The monoisotopic (exact) mass is 287 g/mol. The van der Waals surface area contributed by atoms with E-state index in [4.69, 9.17) is 0 Å². The van der Waals surface area contributed by atoms with Crippen LogP contribution in [0.15, 0.2) is 0 Å². The molecule has 1 aliphatic rings. The fraction of sp³-hybridized carbons (Fsp3) is 0.846. The van der Waals surface area contributed by atoms with Crippen LogP contribution in [0.3, 0.4) is 0 Å². The summed E-state index contributed by atoms with van der Waals surface area (Å²) in [6.45, 7) is 7.24. The Kier molecular flexibility index (Phi) is 7.90. The minimum Gasteiger partial charge on any atom is -0.355 e. The third-order valence-corrected chi connectivity index (χ3v) is 4.53. The molecule has 0 atom stereocenters. The topological polar surface area (TPSA) is 61.4 Å². The van der Waals surface area contributed by atoms with Gasteiger partial charge in [-0.2, -0.15) is 0 Å². The average Bonchev–Trinajstić information content (AvgIpc) is 2.43. The second-order valence-electron chi connectivity index (χ2n) is 4.62. The van der Waals surface area contributed by atoms with Crippen molar-refractivity contribution in [1.82, 2.24) is 15.5 Å². The Labute approximate surface area is 119 Å². The summed E-state index contributed by atoms with van der Waals surface area (Å²) in [7, 11) is 0. The highest BCUT2D eigenvalue weighted by atomic mass is 32.2. The molecule has 6 heteroatoms. The van der Waals surface area contributed by atoms with Crippen molar-refractivity contribution >= 4 is 23.6 Å². The van der Waals surface area contributed by atoms with E-state index in [-0.39, 0.29) is 18.4 Å².